The minimum absolute atomic E-state index is 0.129. The number of hydrogen-bond donors (Lipinski definition) is 3. The fourth-order valence-corrected chi connectivity index (χ4v) is 2.52. The number of anilines is 1. The number of aliphatic hydroxyl groups excluding tert-OH is 1. The van der Waals surface area contributed by atoms with Gasteiger partial charge in [0.1, 0.15) is 0 Å². The van der Waals surface area contributed by atoms with Crippen LogP contribution in [0.15, 0.2) is 30.3 Å². The Kier molecular flexibility index (Phi) is 5.18. The van der Waals surface area contributed by atoms with E-state index < -0.39 is 6.10 Å². The van der Waals surface area contributed by atoms with E-state index in [4.69, 9.17) is 5.73 Å². The average molecular weight is 274 g/mol. The van der Waals surface area contributed by atoms with E-state index in [1.165, 1.54) is 6.08 Å². The van der Waals surface area contributed by atoms with Gasteiger partial charge in [0.25, 0.3) is 0 Å². The number of nitrogens with one attached hydrogen (secondary N) is 1. The Morgan fingerprint density at radius 3 is 2.90 bits per heavy atom. The number of carbonyl (C=O) groups excluding carboxylic acids is 1. The van der Waals surface area contributed by atoms with Gasteiger partial charge in [0.2, 0.25) is 5.91 Å². The number of nitrogen functional groups attached to an aromatic ring is 1. The van der Waals surface area contributed by atoms with Gasteiger partial charge in [0.15, 0.2) is 0 Å². The van der Waals surface area contributed by atoms with Gasteiger partial charge in [0.05, 0.1) is 12.1 Å². The van der Waals surface area contributed by atoms with Gasteiger partial charge in [-0.2, -0.15) is 0 Å². The first-order chi connectivity index (χ1) is 9.65. The maximum absolute atomic E-state index is 11.9. The third kappa shape index (κ3) is 4.38. The summed E-state index contributed by atoms with van der Waals surface area (Å²) < 4.78 is 0. The highest BCUT2D eigenvalue weighted by atomic mass is 16.3. The first-order valence-corrected chi connectivity index (χ1v) is 7.17. The molecule has 0 aliphatic heterocycles. The molecule has 4 N–H and O–H groups in total. The maximum atomic E-state index is 11.9. The predicted molar refractivity (Wildman–Crippen MR) is 80.9 cm³/mol. The van der Waals surface area contributed by atoms with Crippen LogP contribution in [-0.4, -0.2) is 23.2 Å². The molecule has 0 spiro atoms. The van der Waals surface area contributed by atoms with E-state index in [0.717, 1.165) is 37.7 Å². The smallest absolute Gasteiger partial charge is 0.244 e. The molecule has 108 valence electrons. The third-order valence-electron chi connectivity index (χ3n) is 3.64. The largest absolute Gasteiger partial charge is 0.399 e. The highest BCUT2D eigenvalue weighted by Gasteiger charge is 2.22. The SMILES string of the molecule is Nc1cccc(/C=C/C(=O)NC2CCCCCC2O)c1. The van der Waals surface area contributed by atoms with Gasteiger partial charge >= 0.3 is 0 Å². The summed E-state index contributed by atoms with van der Waals surface area (Å²) in [5, 5.41) is 12.9. The molecule has 0 radical (unpaired) electrons. The van der Waals surface area contributed by atoms with Crippen molar-refractivity contribution in [1.29, 1.82) is 0 Å². The molecule has 1 fully saturated rings. The molecule has 1 saturated carbocycles. The molecule has 0 bridgehead atoms. The lowest BCUT2D eigenvalue weighted by molar-refractivity contribution is -0.118. The molecule has 1 aliphatic rings. The molecule has 1 aromatic rings. The highest BCUT2D eigenvalue weighted by molar-refractivity contribution is 5.92. The Labute approximate surface area is 119 Å². The van der Waals surface area contributed by atoms with Crippen molar-refractivity contribution in [3.63, 3.8) is 0 Å². The molecule has 20 heavy (non-hydrogen) atoms. The molecule has 0 heterocycles. The van der Waals surface area contributed by atoms with Crippen molar-refractivity contribution in [3.05, 3.63) is 35.9 Å². The van der Waals surface area contributed by atoms with Crippen molar-refractivity contribution in [3.8, 4) is 0 Å². The Morgan fingerprint density at radius 2 is 2.10 bits per heavy atom. The van der Waals surface area contributed by atoms with E-state index in [0.29, 0.717) is 5.69 Å². The van der Waals surface area contributed by atoms with E-state index in [1.807, 2.05) is 18.2 Å². The van der Waals surface area contributed by atoms with Crippen molar-refractivity contribution < 1.29 is 9.90 Å². The standard InChI is InChI=1S/C16H22N2O2/c17-13-6-4-5-12(11-13)9-10-16(20)18-14-7-2-1-3-8-15(14)19/h4-6,9-11,14-15,19H,1-3,7-8,17H2,(H,18,20)/b10-9+. The average Bonchev–Trinajstić information content (AvgIpc) is 2.62. The quantitative estimate of drug-likeness (QED) is 0.449. The van der Waals surface area contributed by atoms with E-state index >= 15 is 0 Å². The van der Waals surface area contributed by atoms with Crippen LogP contribution in [0.3, 0.4) is 0 Å². The second kappa shape index (κ2) is 7.10. The minimum Gasteiger partial charge on any atom is -0.399 e. The molecule has 2 atom stereocenters. The first-order valence-electron chi connectivity index (χ1n) is 7.17. The Hall–Kier alpha value is -1.81. The fourth-order valence-electron chi connectivity index (χ4n) is 2.52. The van der Waals surface area contributed by atoms with Crippen molar-refractivity contribution in [1.82, 2.24) is 5.32 Å². The van der Waals surface area contributed by atoms with E-state index in [1.54, 1.807) is 12.1 Å². The zero-order chi connectivity index (χ0) is 14.4. The van der Waals surface area contributed by atoms with E-state index in [9.17, 15) is 9.90 Å². The molecule has 4 nitrogen and oxygen atoms in total. The minimum atomic E-state index is -0.429. The van der Waals surface area contributed by atoms with Crippen LogP contribution in [0, 0.1) is 0 Å². The van der Waals surface area contributed by atoms with Gasteiger partial charge in [0, 0.05) is 11.8 Å². The van der Waals surface area contributed by atoms with Crippen molar-refractivity contribution >= 4 is 17.7 Å². The second-order valence-corrected chi connectivity index (χ2v) is 5.32. The molecule has 1 aromatic carbocycles. The summed E-state index contributed by atoms with van der Waals surface area (Å²) in [5.41, 5.74) is 7.25. The number of rotatable bonds is 3. The topological polar surface area (TPSA) is 75.4 Å². The van der Waals surface area contributed by atoms with Crippen molar-refractivity contribution in [2.75, 3.05) is 5.73 Å². The summed E-state index contributed by atoms with van der Waals surface area (Å²) in [4.78, 5) is 11.9. The number of benzene rings is 1. The molecule has 2 unspecified atom stereocenters. The van der Waals surface area contributed by atoms with Gasteiger partial charge in [-0.1, -0.05) is 31.4 Å². The number of nitrogens with two attached hydrogens (primary N) is 1. The van der Waals surface area contributed by atoms with Crippen LogP contribution < -0.4 is 11.1 Å². The summed E-state index contributed by atoms with van der Waals surface area (Å²) in [6.45, 7) is 0. The summed E-state index contributed by atoms with van der Waals surface area (Å²) in [7, 11) is 0. The molecule has 0 aromatic heterocycles. The molecule has 2 rings (SSSR count). The van der Waals surface area contributed by atoms with Crippen molar-refractivity contribution in [2.45, 2.75) is 44.2 Å². The lowest BCUT2D eigenvalue weighted by atomic mass is 10.1. The van der Waals surface area contributed by atoms with Gasteiger partial charge in [-0.15, -0.1) is 0 Å². The van der Waals surface area contributed by atoms with Crippen LogP contribution in [-0.2, 0) is 4.79 Å². The number of hydrogen-bond acceptors (Lipinski definition) is 3. The number of aliphatic hydroxyl groups is 1. The van der Waals surface area contributed by atoms with Crippen LogP contribution in [0.5, 0.6) is 0 Å². The number of amides is 1. The fraction of sp³-hybridized carbons (Fsp3) is 0.438. The monoisotopic (exact) mass is 274 g/mol. The number of carbonyl (C=O) groups is 1. The molecular weight excluding hydrogens is 252 g/mol. The summed E-state index contributed by atoms with van der Waals surface area (Å²) in [6, 6.07) is 7.22. The van der Waals surface area contributed by atoms with E-state index in [-0.39, 0.29) is 11.9 Å². The lowest BCUT2D eigenvalue weighted by Crippen LogP contribution is -2.41. The molecule has 1 aliphatic carbocycles. The predicted octanol–water partition coefficient (Wildman–Crippen LogP) is 2.09. The first kappa shape index (κ1) is 14.6. The molecule has 1 amide bonds. The van der Waals surface area contributed by atoms with E-state index in [2.05, 4.69) is 5.32 Å². The van der Waals surface area contributed by atoms with Gasteiger partial charge in [-0.05, 0) is 36.6 Å². The Morgan fingerprint density at radius 1 is 1.30 bits per heavy atom. The summed E-state index contributed by atoms with van der Waals surface area (Å²) in [6.07, 6.45) is 7.63. The van der Waals surface area contributed by atoms with Crippen LogP contribution in [0.1, 0.15) is 37.7 Å². The van der Waals surface area contributed by atoms with Crippen LogP contribution in [0.4, 0.5) is 5.69 Å². The zero-order valence-electron chi connectivity index (χ0n) is 11.6. The third-order valence-corrected chi connectivity index (χ3v) is 3.64. The Bertz CT molecular complexity index is 485. The van der Waals surface area contributed by atoms with Crippen LogP contribution >= 0.6 is 0 Å². The molecular formula is C16H22N2O2. The van der Waals surface area contributed by atoms with Crippen LogP contribution in [0.2, 0.25) is 0 Å². The Balaban J connectivity index is 1.91. The molecule has 0 saturated heterocycles. The zero-order valence-corrected chi connectivity index (χ0v) is 11.6. The van der Waals surface area contributed by atoms with Crippen molar-refractivity contribution in [2.24, 2.45) is 0 Å². The van der Waals surface area contributed by atoms with Crippen LogP contribution in [0.25, 0.3) is 6.08 Å². The maximum Gasteiger partial charge on any atom is 0.244 e. The lowest BCUT2D eigenvalue weighted by Gasteiger charge is -2.20. The van der Waals surface area contributed by atoms with Gasteiger partial charge < -0.3 is 16.2 Å². The second-order valence-electron chi connectivity index (χ2n) is 5.32. The highest BCUT2D eigenvalue weighted by Crippen LogP contribution is 2.18. The summed E-state index contributed by atoms with van der Waals surface area (Å²) in [5.74, 6) is -0.168. The molecule has 4 heteroatoms. The van der Waals surface area contributed by atoms with Gasteiger partial charge in [-0.3, -0.25) is 4.79 Å². The summed E-state index contributed by atoms with van der Waals surface area (Å²) >= 11 is 0. The normalized spacial score (nSPS) is 23.4. The van der Waals surface area contributed by atoms with Gasteiger partial charge in [-0.25, -0.2) is 0 Å².